The molecule has 0 aliphatic heterocycles. The van der Waals surface area contributed by atoms with Crippen LogP contribution in [0.4, 0.5) is 0 Å². The smallest absolute Gasteiger partial charge is 0.224 e. The average Bonchev–Trinajstić information content (AvgIpc) is 2.44. The van der Waals surface area contributed by atoms with Crippen molar-refractivity contribution >= 4 is 22.8 Å². The molecule has 0 spiro atoms. The topological polar surface area (TPSA) is 86.6 Å². The molecule has 5 nitrogen and oxygen atoms in total. The van der Waals surface area contributed by atoms with Gasteiger partial charge in [-0.2, -0.15) is 0 Å². The van der Waals surface area contributed by atoms with Crippen LogP contribution >= 0.6 is 11.8 Å². The van der Waals surface area contributed by atoms with Crippen molar-refractivity contribution in [3.05, 3.63) is 35.4 Å². The highest BCUT2D eigenvalue weighted by atomic mass is 32.2. The lowest BCUT2D eigenvalue weighted by molar-refractivity contribution is -0.120. The zero-order valence-corrected chi connectivity index (χ0v) is 12.3. The van der Waals surface area contributed by atoms with Gasteiger partial charge in [0.25, 0.3) is 0 Å². The largest absolute Gasteiger partial charge is 0.389 e. The van der Waals surface area contributed by atoms with E-state index in [1.807, 2.05) is 0 Å². The highest BCUT2D eigenvalue weighted by Gasteiger charge is 2.19. The van der Waals surface area contributed by atoms with Gasteiger partial charge in [-0.05, 0) is 11.1 Å². The minimum Gasteiger partial charge on any atom is -0.389 e. The quantitative estimate of drug-likeness (QED) is 0.717. The van der Waals surface area contributed by atoms with Crippen LogP contribution in [-0.4, -0.2) is 40.1 Å². The third kappa shape index (κ3) is 5.32. The van der Waals surface area contributed by atoms with Crippen molar-refractivity contribution in [3.63, 3.8) is 0 Å². The average molecular weight is 297 g/mol. The SMILES string of the molecule is CNC(=O)Cc1ccc(C(O)C(O)CSC(C)=O)cc1. The van der Waals surface area contributed by atoms with Gasteiger partial charge in [-0.25, -0.2) is 0 Å². The highest BCUT2D eigenvalue weighted by Crippen LogP contribution is 2.20. The van der Waals surface area contributed by atoms with Crippen LogP contribution < -0.4 is 5.32 Å². The standard InChI is InChI=1S/C14H19NO4S/c1-9(16)20-8-12(17)14(19)11-5-3-10(4-6-11)7-13(18)15-2/h3-6,12,14,17,19H,7-8H2,1-2H3,(H,15,18). The molecular weight excluding hydrogens is 278 g/mol. The van der Waals surface area contributed by atoms with Gasteiger partial charge in [-0.15, -0.1) is 0 Å². The van der Waals surface area contributed by atoms with E-state index in [2.05, 4.69) is 5.32 Å². The van der Waals surface area contributed by atoms with Crippen molar-refractivity contribution in [1.82, 2.24) is 5.32 Å². The predicted octanol–water partition coefficient (Wildman–Crippen LogP) is 0.649. The summed E-state index contributed by atoms with van der Waals surface area (Å²) in [5, 5.41) is 22.2. The van der Waals surface area contributed by atoms with E-state index in [1.165, 1.54) is 6.92 Å². The van der Waals surface area contributed by atoms with Crippen LogP contribution in [0.1, 0.15) is 24.2 Å². The molecular formula is C14H19NO4S. The molecule has 0 aliphatic carbocycles. The van der Waals surface area contributed by atoms with Crippen molar-refractivity contribution < 1.29 is 19.8 Å². The minimum absolute atomic E-state index is 0.0869. The molecule has 0 fully saturated rings. The van der Waals surface area contributed by atoms with Gasteiger partial charge in [0.05, 0.1) is 12.5 Å². The summed E-state index contributed by atoms with van der Waals surface area (Å²) in [5.74, 6) is 0.0624. The fourth-order valence-corrected chi connectivity index (χ4v) is 2.21. The molecule has 1 aromatic carbocycles. The van der Waals surface area contributed by atoms with Crippen LogP contribution in [0.2, 0.25) is 0 Å². The number of rotatable bonds is 6. The number of carbonyl (C=O) groups is 2. The van der Waals surface area contributed by atoms with Crippen molar-refractivity contribution in [2.24, 2.45) is 0 Å². The van der Waals surface area contributed by atoms with Crippen LogP contribution in [0, 0.1) is 0 Å². The molecule has 0 heterocycles. The Balaban J connectivity index is 2.62. The first kappa shape index (κ1) is 16.7. The molecule has 1 amide bonds. The first-order valence-corrected chi connectivity index (χ1v) is 7.21. The molecule has 0 saturated carbocycles. The van der Waals surface area contributed by atoms with E-state index in [0.717, 1.165) is 17.3 Å². The Kier molecular flexibility index (Phi) is 6.70. The summed E-state index contributed by atoms with van der Waals surface area (Å²) in [7, 11) is 1.57. The van der Waals surface area contributed by atoms with E-state index in [1.54, 1.807) is 31.3 Å². The Hall–Kier alpha value is -1.37. The monoisotopic (exact) mass is 297 g/mol. The summed E-state index contributed by atoms with van der Waals surface area (Å²) in [5.41, 5.74) is 1.38. The number of hydrogen-bond donors (Lipinski definition) is 3. The third-order valence-corrected chi connectivity index (χ3v) is 3.70. The van der Waals surface area contributed by atoms with Gasteiger partial charge in [-0.1, -0.05) is 36.0 Å². The molecule has 6 heteroatoms. The van der Waals surface area contributed by atoms with Gasteiger partial charge in [-0.3, -0.25) is 9.59 Å². The second kappa shape index (κ2) is 8.04. The lowest BCUT2D eigenvalue weighted by atomic mass is 10.0. The number of amides is 1. The summed E-state index contributed by atoms with van der Waals surface area (Å²) < 4.78 is 0. The van der Waals surface area contributed by atoms with Gasteiger partial charge < -0.3 is 15.5 Å². The maximum Gasteiger partial charge on any atom is 0.224 e. The number of carbonyl (C=O) groups excluding carboxylic acids is 2. The van der Waals surface area contributed by atoms with E-state index in [4.69, 9.17) is 0 Å². The number of thioether (sulfide) groups is 1. The Morgan fingerprint density at radius 2 is 1.85 bits per heavy atom. The number of aliphatic hydroxyl groups excluding tert-OH is 2. The lowest BCUT2D eigenvalue weighted by Crippen LogP contribution is -2.22. The number of aliphatic hydroxyl groups is 2. The van der Waals surface area contributed by atoms with Crippen molar-refractivity contribution in [2.75, 3.05) is 12.8 Å². The van der Waals surface area contributed by atoms with E-state index >= 15 is 0 Å². The normalized spacial score (nSPS) is 13.6. The molecule has 2 unspecified atom stereocenters. The van der Waals surface area contributed by atoms with Gasteiger partial charge in [0.15, 0.2) is 5.12 Å². The Morgan fingerprint density at radius 1 is 1.25 bits per heavy atom. The maximum absolute atomic E-state index is 11.2. The summed E-state index contributed by atoms with van der Waals surface area (Å²) >= 11 is 0.975. The zero-order valence-electron chi connectivity index (χ0n) is 11.5. The maximum atomic E-state index is 11.2. The fourth-order valence-electron chi connectivity index (χ4n) is 1.62. The summed E-state index contributed by atoms with van der Waals surface area (Å²) in [6.45, 7) is 1.41. The van der Waals surface area contributed by atoms with E-state index in [-0.39, 0.29) is 23.2 Å². The Morgan fingerprint density at radius 3 is 2.35 bits per heavy atom. The first-order valence-electron chi connectivity index (χ1n) is 6.23. The van der Waals surface area contributed by atoms with E-state index in [0.29, 0.717) is 5.56 Å². The van der Waals surface area contributed by atoms with Gasteiger partial charge in [0.2, 0.25) is 5.91 Å². The zero-order chi connectivity index (χ0) is 15.1. The number of hydrogen-bond acceptors (Lipinski definition) is 5. The van der Waals surface area contributed by atoms with Crippen molar-refractivity contribution in [3.8, 4) is 0 Å². The Bertz CT molecular complexity index is 461. The molecule has 0 radical (unpaired) electrons. The van der Waals surface area contributed by atoms with E-state index < -0.39 is 12.2 Å². The third-order valence-electron chi connectivity index (χ3n) is 2.79. The molecule has 2 atom stereocenters. The fraction of sp³-hybridized carbons (Fsp3) is 0.429. The van der Waals surface area contributed by atoms with Gasteiger partial charge in [0, 0.05) is 19.7 Å². The molecule has 0 bridgehead atoms. The highest BCUT2D eigenvalue weighted by molar-refractivity contribution is 8.13. The summed E-state index contributed by atoms with van der Waals surface area (Å²) in [4.78, 5) is 22.0. The van der Waals surface area contributed by atoms with Crippen LogP contribution in [0.5, 0.6) is 0 Å². The molecule has 110 valence electrons. The minimum atomic E-state index is -1.05. The second-order valence-electron chi connectivity index (χ2n) is 4.41. The molecule has 0 aromatic heterocycles. The molecule has 3 N–H and O–H groups in total. The summed E-state index contributed by atoms with van der Waals surface area (Å²) in [6, 6.07) is 6.81. The van der Waals surface area contributed by atoms with Crippen LogP contribution in [0.3, 0.4) is 0 Å². The van der Waals surface area contributed by atoms with Gasteiger partial charge in [0.1, 0.15) is 6.10 Å². The van der Waals surface area contributed by atoms with Crippen molar-refractivity contribution in [1.29, 1.82) is 0 Å². The lowest BCUT2D eigenvalue weighted by Gasteiger charge is -2.17. The molecule has 20 heavy (non-hydrogen) atoms. The van der Waals surface area contributed by atoms with Crippen LogP contribution in [-0.2, 0) is 16.0 Å². The van der Waals surface area contributed by atoms with E-state index in [9.17, 15) is 19.8 Å². The molecule has 0 saturated heterocycles. The first-order chi connectivity index (χ1) is 9.43. The van der Waals surface area contributed by atoms with Crippen molar-refractivity contribution in [2.45, 2.75) is 25.6 Å². The molecule has 1 rings (SSSR count). The molecule has 1 aromatic rings. The van der Waals surface area contributed by atoms with Crippen LogP contribution in [0.25, 0.3) is 0 Å². The van der Waals surface area contributed by atoms with Gasteiger partial charge >= 0.3 is 0 Å². The number of nitrogens with one attached hydrogen (secondary N) is 1. The Labute approximate surface area is 122 Å². The number of benzene rings is 1. The molecule has 0 aliphatic rings. The second-order valence-corrected chi connectivity index (χ2v) is 5.60. The predicted molar refractivity (Wildman–Crippen MR) is 78.3 cm³/mol. The number of likely N-dealkylation sites (N-methyl/N-ethyl adjacent to an activating group) is 1. The van der Waals surface area contributed by atoms with Crippen LogP contribution in [0.15, 0.2) is 24.3 Å². The summed E-state index contributed by atoms with van der Waals surface area (Å²) in [6.07, 6.45) is -1.78.